The molecule has 3 aliphatic rings. The Morgan fingerprint density at radius 3 is 2.79 bits per heavy atom. The predicted molar refractivity (Wildman–Crippen MR) is 95.5 cm³/mol. The molecule has 3 aliphatic heterocycles. The fourth-order valence-electron chi connectivity index (χ4n) is 4.40. The molecule has 1 spiro atoms. The van der Waals surface area contributed by atoms with Gasteiger partial charge in [0, 0.05) is 31.8 Å². The van der Waals surface area contributed by atoms with Crippen LogP contribution in [0, 0.1) is 6.92 Å². The molecule has 2 N–H and O–H groups in total. The summed E-state index contributed by atoms with van der Waals surface area (Å²) in [7, 11) is -4.05. The minimum absolute atomic E-state index is 0.140. The largest absolute Gasteiger partial charge is 0.454 e. The number of hydrogen-bond donors (Lipinski definition) is 2. The highest BCUT2D eigenvalue weighted by molar-refractivity contribution is 7.87. The first-order valence-electron chi connectivity index (χ1n) is 9.02. The molecule has 0 aliphatic carbocycles. The van der Waals surface area contributed by atoms with Crippen molar-refractivity contribution < 1.29 is 31.6 Å². The van der Waals surface area contributed by atoms with Crippen LogP contribution >= 0.6 is 0 Å². The first kappa shape index (κ1) is 20.2. The molecule has 12 nitrogen and oxygen atoms in total. The van der Waals surface area contributed by atoms with Gasteiger partial charge in [0.1, 0.15) is 11.9 Å². The molecule has 0 bridgehead atoms. The van der Waals surface area contributed by atoms with Crippen LogP contribution in [0.2, 0.25) is 0 Å². The number of nitrogens with zero attached hydrogens (tertiary/aromatic N) is 1. The number of carbonyl (C=O) groups is 1. The Balaban J connectivity index is 1.91. The molecule has 160 valence electrons. The number of carbonyl (C=O) groups excluding carboxylic acids is 1. The molecule has 0 saturated carbocycles. The summed E-state index contributed by atoms with van der Waals surface area (Å²) in [4.78, 5) is 38.2. The first-order valence-corrected chi connectivity index (χ1v) is 10.6. The van der Waals surface area contributed by atoms with Gasteiger partial charge < -0.3 is 14.2 Å². The Bertz CT molecular complexity index is 1080. The van der Waals surface area contributed by atoms with Crippen LogP contribution in [-0.2, 0) is 33.3 Å². The average molecular weight is 431 g/mol. The standard InChI is InChI=1S/C16H21N3O9S/c1-4-25-15-7-29(23,24)28-16(15)10(5-17-15)27-13(11(16)26-9(3)20)19-6-8(2)12(21)18-14(19)22/h6,10-11,13,17H,4-5,7H2,1-3H3,(H,18,21,22)/t10-,11+,13-,15-,16-/m1/s1. The van der Waals surface area contributed by atoms with Gasteiger partial charge >= 0.3 is 11.7 Å². The summed E-state index contributed by atoms with van der Waals surface area (Å²) >= 11 is 0. The summed E-state index contributed by atoms with van der Waals surface area (Å²) in [6.45, 7) is 4.62. The van der Waals surface area contributed by atoms with Crippen LogP contribution in [0.1, 0.15) is 25.6 Å². The summed E-state index contributed by atoms with van der Waals surface area (Å²) in [6, 6.07) is 0. The molecule has 3 fully saturated rings. The highest BCUT2D eigenvalue weighted by Crippen LogP contribution is 2.55. The normalized spacial score (nSPS) is 37.3. The van der Waals surface area contributed by atoms with Crippen molar-refractivity contribution in [1.29, 1.82) is 0 Å². The predicted octanol–water partition coefficient (Wildman–Crippen LogP) is -1.89. The molecule has 4 heterocycles. The monoisotopic (exact) mass is 431 g/mol. The van der Waals surface area contributed by atoms with Crippen LogP contribution < -0.4 is 16.6 Å². The Morgan fingerprint density at radius 1 is 1.41 bits per heavy atom. The van der Waals surface area contributed by atoms with Crippen molar-refractivity contribution in [1.82, 2.24) is 14.9 Å². The first-order chi connectivity index (χ1) is 13.6. The molecule has 0 unspecified atom stereocenters. The molecule has 29 heavy (non-hydrogen) atoms. The van der Waals surface area contributed by atoms with E-state index in [1.54, 1.807) is 6.92 Å². The lowest BCUT2D eigenvalue weighted by Gasteiger charge is -2.39. The maximum absolute atomic E-state index is 12.4. The van der Waals surface area contributed by atoms with Gasteiger partial charge in [-0.3, -0.25) is 28.6 Å². The van der Waals surface area contributed by atoms with E-state index in [4.69, 9.17) is 18.4 Å². The Hall–Kier alpha value is -2.06. The van der Waals surface area contributed by atoms with E-state index in [0.717, 1.165) is 11.5 Å². The summed E-state index contributed by atoms with van der Waals surface area (Å²) in [5, 5.41) is 3.00. The molecule has 4 rings (SSSR count). The number of H-pyrrole nitrogens is 1. The second-order valence-corrected chi connectivity index (χ2v) is 8.81. The average Bonchev–Trinajstić information content (AvgIpc) is 3.12. The number of ether oxygens (including phenoxy) is 3. The van der Waals surface area contributed by atoms with Gasteiger partial charge in [0.05, 0.1) is 0 Å². The van der Waals surface area contributed by atoms with Crippen molar-refractivity contribution in [3.8, 4) is 0 Å². The van der Waals surface area contributed by atoms with Crippen molar-refractivity contribution in [3.05, 3.63) is 32.6 Å². The fourth-order valence-corrected chi connectivity index (χ4v) is 6.13. The number of aromatic amines is 1. The number of aromatic nitrogens is 2. The Labute approximate surface area is 165 Å². The van der Waals surface area contributed by atoms with Gasteiger partial charge in [-0.05, 0) is 13.8 Å². The summed E-state index contributed by atoms with van der Waals surface area (Å²) in [5.74, 6) is -1.24. The molecule has 3 saturated heterocycles. The van der Waals surface area contributed by atoms with E-state index >= 15 is 0 Å². The van der Waals surface area contributed by atoms with Crippen LogP contribution in [0.15, 0.2) is 15.8 Å². The third-order valence-electron chi connectivity index (χ3n) is 5.42. The zero-order valence-corrected chi connectivity index (χ0v) is 16.8. The zero-order chi connectivity index (χ0) is 21.2. The number of aryl methyl sites for hydroxylation is 1. The number of rotatable bonds is 4. The van der Waals surface area contributed by atoms with E-state index in [1.165, 1.54) is 13.1 Å². The van der Waals surface area contributed by atoms with Gasteiger partial charge in [0.15, 0.2) is 23.7 Å². The van der Waals surface area contributed by atoms with Crippen LogP contribution in [0.25, 0.3) is 0 Å². The zero-order valence-electron chi connectivity index (χ0n) is 16.0. The molecular formula is C16H21N3O9S. The fraction of sp³-hybridized carbons (Fsp3) is 0.688. The van der Waals surface area contributed by atoms with Crippen molar-refractivity contribution in [2.45, 2.75) is 50.5 Å². The highest BCUT2D eigenvalue weighted by Gasteiger charge is 2.80. The smallest absolute Gasteiger partial charge is 0.330 e. The molecule has 0 amide bonds. The maximum Gasteiger partial charge on any atom is 0.330 e. The SMILES string of the molecule is CCO[C@]12CS(=O)(=O)O[C@@]13[C@@H](CN2)O[C@@H](n1cc(C)c(=O)[nH]c1=O)[C@@H]3OC(C)=O. The van der Waals surface area contributed by atoms with E-state index in [2.05, 4.69) is 10.3 Å². The van der Waals surface area contributed by atoms with Gasteiger partial charge in [-0.15, -0.1) is 0 Å². The van der Waals surface area contributed by atoms with Crippen molar-refractivity contribution >= 4 is 16.1 Å². The van der Waals surface area contributed by atoms with E-state index in [-0.39, 0.29) is 18.7 Å². The summed E-state index contributed by atoms with van der Waals surface area (Å²) in [6.07, 6.45) is -2.21. The van der Waals surface area contributed by atoms with Crippen LogP contribution in [0.5, 0.6) is 0 Å². The number of hydrogen-bond acceptors (Lipinski definition) is 10. The van der Waals surface area contributed by atoms with Crippen LogP contribution in [0.3, 0.4) is 0 Å². The van der Waals surface area contributed by atoms with Gasteiger partial charge in [0.2, 0.25) is 0 Å². The molecule has 5 atom stereocenters. The van der Waals surface area contributed by atoms with Gasteiger partial charge in [-0.2, -0.15) is 8.42 Å². The second kappa shape index (κ2) is 6.47. The Morgan fingerprint density at radius 2 is 2.14 bits per heavy atom. The third-order valence-corrected chi connectivity index (χ3v) is 6.71. The van der Waals surface area contributed by atoms with Crippen molar-refractivity contribution in [2.75, 3.05) is 18.9 Å². The molecular weight excluding hydrogens is 410 g/mol. The lowest BCUT2D eigenvalue weighted by molar-refractivity contribution is -0.190. The van der Waals surface area contributed by atoms with E-state index in [0.29, 0.717) is 0 Å². The maximum atomic E-state index is 12.4. The number of nitrogens with one attached hydrogen (secondary N) is 2. The molecule has 13 heteroatoms. The minimum atomic E-state index is -4.05. The molecule has 0 aromatic carbocycles. The van der Waals surface area contributed by atoms with Crippen molar-refractivity contribution in [2.24, 2.45) is 0 Å². The minimum Gasteiger partial charge on any atom is -0.454 e. The van der Waals surface area contributed by atoms with Gasteiger partial charge in [-0.25, -0.2) is 4.79 Å². The number of esters is 1. The van der Waals surface area contributed by atoms with E-state index < -0.39 is 62.9 Å². The third kappa shape index (κ3) is 2.79. The Kier molecular flexibility index (Phi) is 4.51. The van der Waals surface area contributed by atoms with Crippen LogP contribution in [-0.4, -0.2) is 66.4 Å². The summed E-state index contributed by atoms with van der Waals surface area (Å²) in [5.41, 5.74) is -4.41. The van der Waals surface area contributed by atoms with Crippen molar-refractivity contribution in [3.63, 3.8) is 0 Å². The van der Waals surface area contributed by atoms with E-state index in [1.807, 2.05) is 0 Å². The molecule has 1 aromatic heterocycles. The molecule has 1 aromatic rings. The second-order valence-electron chi connectivity index (χ2n) is 7.24. The van der Waals surface area contributed by atoms with Gasteiger partial charge in [0.25, 0.3) is 15.7 Å². The lowest BCUT2D eigenvalue weighted by Crippen LogP contribution is -2.65. The summed E-state index contributed by atoms with van der Waals surface area (Å²) < 4.78 is 48.7. The highest BCUT2D eigenvalue weighted by atomic mass is 32.2. The lowest BCUT2D eigenvalue weighted by atomic mass is 9.85. The van der Waals surface area contributed by atoms with Gasteiger partial charge in [-0.1, -0.05) is 0 Å². The molecule has 0 radical (unpaired) electrons. The topological polar surface area (TPSA) is 155 Å². The van der Waals surface area contributed by atoms with E-state index in [9.17, 15) is 22.8 Å². The quantitative estimate of drug-likeness (QED) is 0.408. The van der Waals surface area contributed by atoms with Crippen LogP contribution in [0.4, 0.5) is 0 Å².